The first kappa shape index (κ1) is 25.4. The van der Waals surface area contributed by atoms with Crippen molar-refractivity contribution in [2.45, 2.75) is 65.6 Å². The van der Waals surface area contributed by atoms with Crippen LogP contribution in [0, 0.1) is 6.92 Å². The zero-order valence-corrected chi connectivity index (χ0v) is 20.7. The summed E-state index contributed by atoms with van der Waals surface area (Å²) in [7, 11) is 0. The number of fused-ring (bicyclic) bond motifs is 1. The molecule has 0 saturated heterocycles. The molecule has 2 aromatic heterocycles. The molecule has 0 aliphatic heterocycles. The van der Waals surface area contributed by atoms with Crippen molar-refractivity contribution >= 4 is 22.8 Å². The molecule has 0 aliphatic rings. The quantitative estimate of drug-likeness (QED) is 0.406. The van der Waals surface area contributed by atoms with Crippen LogP contribution in [0.15, 0.2) is 40.8 Å². The summed E-state index contributed by atoms with van der Waals surface area (Å²) in [5, 5.41) is 11.4. The van der Waals surface area contributed by atoms with Crippen LogP contribution in [0.1, 0.15) is 58.1 Å². The van der Waals surface area contributed by atoms with Crippen molar-refractivity contribution in [2.24, 2.45) is 0 Å². The van der Waals surface area contributed by atoms with E-state index in [1.54, 1.807) is 21.7 Å². The minimum absolute atomic E-state index is 0.0458. The van der Waals surface area contributed by atoms with E-state index in [1.165, 1.54) is 0 Å². The van der Waals surface area contributed by atoms with Crippen molar-refractivity contribution in [1.29, 1.82) is 0 Å². The maximum absolute atomic E-state index is 13.7. The van der Waals surface area contributed by atoms with Crippen molar-refractivity contribution in [3.8, 4) is 0 Å². The number of aromatic nitrogens is 3. The van der Waals surface area contributed by atoms with Gasteiger partial charge in [0.25, 0.3) is 5.91 Å². The molecule has 3 rings (SSSR count). The fourth-order valence-corrected chi connectivity index (χ4v) is 3.65. The maximum Gasteiger partial charge on any atom is 0.251 e. The van der Waals surface area contributed by atoms with Crippen LogP contribution in [0.25, 0.3) is 11.0 Å². The standard InChI is InChI=1S/C25H35N5O4/c1-6-25(4,5)26-24(32)23(21-14-13-18(3)34-21)29(15-10-16-33-7-2)22(31)17-30-20-12-9-8-11-19(20)27-28-30/h8-9,11-14,23H,6-7,10,15-17H2,1-5H3,(H,26,32). The summed E-state index contributed by atoms with van der Waals surface area (Å²) in [6.45, 7) is 11.0. The number of carbonyl (C=O) groups is 2. The largest absolute Gasteiger partial charge is 0.464 e. The van der Waals surface area contributed by atoms with Crippen molar-refractivity contribution in [2.75, 3.05) is 19.8 Å². The Kier molecular flexibility index (Phi) is 8.44. The first-order valence-electron chi connectivity index (χ1n) is 11.8. The Hall–Kier alpha value is -3.20. The van der Waals surface area contributed by atoms with E-state index < -0.39 is 11.6 Å². The van der Waals surface area contributed by atoms with Crippen molar-refractivity contribution in [3.05, 3.63) is 47.9 Å². The van der Waals surface area contributed by atoms with Crippen molar-refractivity contribution in [3.63, 3.8) is 0 Å². The molecule has 0 aliphatic carbocycles. The van der Waals surface area contributed by atoms with Gasteiger partial charge in [-0.1, -0.05) is 24.3 Å². The molecule has 3 aromatic rings. The Morgan fingerprint density at radius 2 is 1.97 bits per heavy atom. The van der Waals surface area contributed by atoms with Crippen LogP contribution >= 0.6 is 0 Å². The smallest absolute Gasteiger partial charge is 0.251 e. The van der Waals surface area contributed by atoms with E-state index in [-0.39, 0.29) is 18.4 Å². The second kappa shape index (κ2) is 11.3. The van der Waals surface area contributed by atoms with E-state index in [1.807, 2.05) is 58.9 Å². The molecule has 1 unspecified atom stereocenters. The van der Waals surface area contributed by atoms with Gasteiger partial charge in [-0.05, 0) is 64.8 Å². The minimum Gasteiger partial charge on any atom is -0.464 e. The summed E-state index contributed by atoms with van der Waals surface area (Å²) in [4.78, 5) is 28.8. The highest BCUT2D eigenvalue weighted by atomic mass is 16.5. The summed E-state index contributed by atoms with van der Waals surface area (Å²) in [6, 6.07) is 10.1. The number of nitrogens with one attached hydrogen (secondary N) is 1. The lowest BCUT2D eigenvalue weighted by molar-refractivity contribution is -0.143. The van der Waals surface area contributed by atoms with Gasteiger partial charge in [-0.3, -0.25) is 9.59 Å². The molecule has 1 N–H and O–H groups in total. The summed E-state index contributed by atoms with van der Waals surface area (Å²) < 4.78 is 12.9. The average molecular weight is 470 g/mol. The normalized spacial score (nSPS) is 12.6. The molecule has 9 nitrogen and oxygen atoms in total. The number of amides is 2. The third-order valence-corrected chi connectivity index (χ3v) is 5.85. The van der Waals surface area contributed by atoms with Crippen LogP contribution in [0.3, 0.4) is 0 Å². The molecule has 9 heteroatoms. The summed E-state index contributed by atoms with van der Waals surface area (Å²) in [5.41, 5.74) is 1.03. The number of rotatable bonds is 12. The summed E-state index contributed by atoms with van der Waals surface area (Å²) in [5.74, 6) is 0.562. The molecule has 0 fully saturated rings. The number of benzene rings is 1. The van der Waals surface area contributed by atoms with E-state index in [0.717, 1.165) is 11.9 Å². The molecule has 2 heterocycles. The number of para-hydroxylation sites is 1. The number of nitrogens with zero attached hydrogens (tertiary/aromatic N) is 4. The van der Waals surface area contributed by atoms with E-state index in [2.05, 4.69) is 15.6 Å². The maximum atomic E-state index is 13.7. The lowest BCUT2D eigenvalue weighted by Crippen LogP contribution is -2.51. The van der Waals surface area contributed by atoms with Crippen LogP contribution in [0.4, 0.5) is 0 Å². The lowest BCUT2D eigenvalue weighted by Gasteiger charge is -2.33. The molecule has 2 amide bonds. The molecule has 0 bridgehead atoms. The Labute approximate surface area is 200 Å². The van der Waals surface area contributed by atoms with Crippen LogP contribution in [-0.2, 0) is 20.9 Å². The van der Waals surface area contributed by atoms with Crippen LogP contribution in [0.5, 0.6) is 0 Å². The SMILES string of the molecule is CCOCCCN(C(=O)Cn1nnc2ccccc21)C(C(=O)NC(C)(C)CC)c1ccc(C)o1. The topological polar surface area (TPSA) is 102 Å². The third-order valence-electron chi connectivity index (χ3n) is 5.85. The molecule has 1 aromatic carbocycles. The second-order valence-electron chi connectivity index (χ2n) is 8.95. The molecule has 184 valence electrons. The number of carbonyl (C=O) groups excluding carboxylic acids is 2. The van der Waals surface area contributed by atoms with Crippen LogP contribution < -0.4 is 5.32 Å². The number of furan rings is 1. The van der Waals surface area contributed by atoms with Gasteiger partial charge in [0.05, 0.1) is 5.52 Å². The van der Waals surface area contributed by atoms with Gasteiger partial charge in [-0.25, -0.2) is 4.68 Å². The second-order valence-corrected chi connectivity index (χ2v) is 8.95. The van der Waals surface area contributed by atoms with Crippen molar-refractivity contribution < 1.29 is 18.7 Å². The van der Waals surface area contributed by atoms with E-state index in [9.17, 15) is 9.59 Å². The first-order valence-corrected chi connectivity index (χ1v) is 11.8. The van der Waals surface area contributed by atoms with Gasteiger partial charge in [-0.2, -0.15) is 0 Å². The minimum atomic E-state index is -0.913. The van der Waals surface area contributed by atoms with Crippen LogP contribution in [0.2, 0.25) is 0 Å². The van der Waals surface area contributed by atoms with E-state index in [0.29, 0.717) is 43.2 Å². The van der Waals surface area contributed by atoms with Gasteiger partial charge in [0, 0.05) is 25.3 Å². The fourth-order valence-electron chi connectivity index (χ4n) is 3.65. The molecule has 0 spiro atoms. The molecule has 0 saturated carbocycles. The monoisotopic (exact) mass is 469 g/mol. The van der Waals surface area contributed by atoms with E-state index >= 15 is 0 Å². The first-order chi connectivity index (χ1) is 16.3. The highest BCUT2D eigenvalue weighted by Gasteiger charge is 2.36. The number of hydrogen-bond acceptors (Lipinski definition) is 6. The summed E-state index contributed by atoms with van der Waals surface area (Å²) >= 11 is 0. The Balaban J connectivity index is 1.94. The Morgan fingerprint density at radius 1 is 1.21 bits per heavy atom. The third kappa shape index (κ3) is 6.22. The van der Waals surface area contributed by atoms with Gasteiger partial charge >= 0.3 is 0 Å². The lowest BCUT2D eigenvalue weighted by atomic mass is 10.0. The Morgan fingerprint density at radius 3 is 2.65 bits per heavy atom. The predicted molar refractivity (Wildman–Crippen MR) is 129 cm³/mol. The molecule has 1 atom stereocenters. The van der Waals surface area contributed by atoms with Gasteiger partial charge < -0.3 is 19.4 Å². The molecule has 0 radical (unpaired) electrons. The van der Waals surface area contributed by atoms with Gasteiger partial charge in [-0.15, -0.1) is 5.10 Å². The fraction of sp³-hybridized carbons (Fsp3) is 0.520. The summed E-state index contributed by atoms with van der Waals surface area (Å²) in [6.07, 6.45) is 1.32. The van der Waals surface area contributed by atoms with Crippen molar-refractivity contribution in [1.82, 2.24) is 25.2 Å². The molecular formula is C25H35N5O4. The van der Waals surface area contributed by atoms with Gasteiger partial charge in [0.1, 0.15) is 23.6 Å². The van der Waals surface area contributed by atoms with E-state index in [4.69, 9.17) is 9.15 Å². The predicted octanol–water partition coefficient (Wildman–Crippen LogP) is 3.63. The zero-order valence-electron chi connectivity index (χ0n) is 20.7. The zero-order chi connectivity index (χ0) is 24.7. The van der Waals surface area contributed by atoms with Gasteiger partial charge in [0.15, 0.2) is 6.04 Å². The average Bonchev–Trinajstić information content (AvgIpc) is 3.41. The highest BCUT2D eigenvalue weighted by Crippen LogP contribution is 2.26. The highest BCUT2D eigenvalue weighted by molar-refractivity contribution is 5.89. The number of hydrogen-bond donors (Lipinski definition) is 1. The Bertz CT molecular complexity index is 1100. The molecular weight excluding hydrogens is 434 g/mol. The number of ether oxygens (including phenoxy) is 1. The van der Waals surface area contributed by atoms with Gasteiger partial charge in [0.2, 0.25) is 5.91 Å². The molecule has 34 heavy (non-hydrogen) atoms. The van der Waals surface area contributed by atoms with Crippen LogP contribution in [-0.4, -0.2) is 57.0 Å². The number of aryl methyl sites for hydroxylation is 1.